The fourth-order valence-corrected chi connectivity index (χ4v) is 2.03. The van der Waals surface area contributed by atoms with E-state index in [4.69, 9.17) is 0 Å². The quantitative estimate of drug-likeness (QED) is 0.668. The predicted octanol–water partition coefficient (Wildman–Crippen LogP) is 3.70. The SMILES string of the molecule is Cc1ccccc1CCNc1cc(F)ccc1[N+](=O)[O-]. The molecule has 20 heavy (non-hydrogen) atoms. The Hall–Kier alpha value is -2.43. The third kappa shape index (κ3) is 3.32. The maximum atomic E-state index is 13.2. The van der Waals surface area contributed by atoms with Crippen molar-refractivity contribution in [1.29, 1.82) is 0 Å². The van der Waals surface area contributed by atoms with Crippen molar-refractivity contribution < 1.29 is 9.31 Å². The molecule has 0 atom stereocenters. The highest BCUT2D eigenvalue weighted by atomic mass is 19.1. The molecule has 2 aromatic carbocycles. The second kappa shape index (κ2) is 6.14. The van der Waals surface area contributed by atoms with Gasteiger partial charge in [0.05, 0.1) is 4.92 Å². The fourth-order valence-electron chi connectivity index (χ4n) is 2.03. The summed E-state index contributed by atoms with van der Waals surface area (Å²) in [5.41, 5.74) is 2.43. The van der Waals surface area contributed by atoms with E-state index < -0.39 is 10.7 Å². The summed E-state index contributed by atoms with van der Waals surface area (Å²) < 4.78 is 13.2. The first-order chi connectivity index (χ1) is 9.58. The highest BCUT2D eigenvalue weighted by Crippen LogP contribution is 2.24. The summed E-state index contributed by atoms with van der Waals surface area (Å²) in [6.07, 6.45) is 0.723. The van der Waals surface area contributed by atoms with Gasteiger partial charge in [-0.1, -0.05) is 24.3 Å². The minimum Gasteiger partial charge on any atom is -0.379 e. The van der Waals surface area contributed by atoms with Gasteiger partial charge >= 0.3 is 0 Å². The van der Waals surface area contributed by atoms with Gasteiger partial charge in [-0.3, -0.25) is 10.1 Å². The first-order valence-corrected chi connectivity index (χ1v) is 6.30. The normalized spacial score (nSPS) is 10.3. The van der Waals surface area contributed by atoms with Crippen molar-refractivity contribution in [3.8, 4) is 0 Å². The minimum atomic E-state index is -0.518. The van der Waals surface area contributed by atoms with E-state index in [0.29, 0.717) is 6.54 Å². The van der Waals surface area contributed by atoms with E-state index in [1.165, 1.54) is 17.2 Å². The highest BCUT2D eigenvalue weighted by molar-refractivity contribution is 5.61. The summed E-state index contributed by atoms with van der Waals surface area (Å²) in [6, 6.07) is 11.3. The van der Waals surface area contributed by atoms with Gasteiger partial charge in [0.1, 0.15) is 11.5 Å². The van der Waals surface area contributed by atoms with Crippen molar-refractivity contribution in [2.75, 3.05) is 11.9 Å². The largest absolute Gasteiger partial charge is 0.379 e. The molecule has 0 unspecified atom stereocenters. The lowest BCUT2D eigenvalue weighted by Crippen LogP contribution is -2.08. The number of rotatable bonds is 5. The topological polar surface area (TPSA) is 55.2 Å². The van der Waals surface area contributed by atoms with Crippen LogP contribution in [-0.2, 0) is 6.42 Å². The molecule has 2 rings (SSSR count). The predicted molar refractivity (Wildman–Crippen MR) is 76.4 cm³/mol. The zero-order valence-electron chi connectivity index (χ0n) is 11.1. The van der Waals surface area contributed by atoms with Gasteiger partial charge in [0, 0.05) is 18.7 Å². The highest BCUT2D eigenvalue weighted by Gasteiger charge is 2.13. The summed E-state index contributed by atoms with van der Waals surface area (Å²) in [5.74, 6) is -0.492. The van der Waals surface area contributed by atoms with Gasteiger partial charge in [0.25, 0.3) is 5.69 Å². The molecule has 0 saturated heterocycles. The number of nitro benzene ring substituents is 1. The van der Waals surface area contributed by atoms with Gasteiger partial charge in [0.2, 0.25) is 0 Å². The second-order valence-corrected chi connectivity index (χ2v) is 4.52. The molecular weight excluding hydrogens is 259 g/mol. The molecule has 1 N–H and O–H groups in total. The average molecular weight is 274 g/mol. The number of halogens is 1. The van der Waals surface area contributed by atoms with Crippen LogP contribution in [0.3, 0.4) is 0 Å². The van der Waals surface area contributed by atoms with E-state index in [9.17, 15) is 14.5 Å². The molecule has 0 amide bonds. The maximum Gasteiger partial charge on any atom is 0.292 e. The molecule has 0 aliphatic rings. The Bertz CT molecular complexity index is 629. The van der Waals surface area contributed by atoms with Crippen LogP contribution in [-0.4, -0.2) is 11.5 Å². The van der Waals surface area contributed by atoms with Gasteiger partial charge in [0.15, 0.2) is 0 Å². The van der Waals surface area contributed by atoms with Crippen molar-refractivity contribution in [3.05, 3.63) is 69.5 Å². The first-order valence-electron chi connectivity index (χ1n) is 6.30. The number of hydrogen-bond acceptors (Lipinski definition) is 3. The molecule has 0 aromatic heterocycles. The summed E-state index contributed by atoms with van der Waals surface area (Å²) in [6.45, 7) is 2.52. The maximum absolute atomic E-state index is 13.2. The molecule has 5 heteroatoms. The van der Waals surface area contributed by atoms with Crippen molar-refractivity contribution in [2.24, 2.45) is 0 Å². The van der Waals surface area contributed by atoms with Crippen LogP contribution >= 0.6 is 0 Å². The molecule has 0 aliphatic carbocycles. The number of nitrogens with zero attached hydrogens (tertiary/aromatic N) is 1. The van der Waals surface area contributed by atoms with Crippen molar-refractivity contribution in [2.45, 2.75) is 13.3 Å². The number of anilines is 1. The van der Waals surface area contributed by atoms with Gasteiger partial charge in [-0.2, -0.15) is 0 Å². The van der Waals surface area contributed by atoms with Crippen LogP contribution in [0, 0.1) is 22.9 Å². The van der Waals surface area contributed by atoms with Crippen molar-refractivity contribution in [3.63, 3.8) is 0 Å². The molecule has 0 heterocycles. The van der Waals surface area contributed by atoms with E-state index in [2.05, 4.69) is 5.32 Å². The van der Waals surface area contributed by atoms with Crippen LogP contribution in [0.25, 0.3) is 0 Å². The monoisotopic (exact) mass is 274 g/mol. The van der Waals surface area contributed by atoms with Crippen LogP contribution < -0.4 is 5.32 Å². The number of nitrogens with one attached hydrogen (secondary N) is 1. The van der Waals surface area contributed by atoms with Crippen LogP contribution in [0.5, 0.6) is 0 Å². The molecule has 0 radical (unpaired) electrons. The summed E-state index contributed by atoms with van der Waals surface area (Å²) in [4.78, 5) is 10.3. The molecule has 0 saturated carbocycles. The number of aryl methyl sites for hydroxylation is 1. The van der Waals surface area contributed by atoms with Crippen LogP contribution in [0.15, 0.2) is 42.5 Å². The molecule has 0 aliphatic heterocycles. The van der Waals surface area contributed by atoms with Crippen molar-refractivity contribution in [1.82, 2.24) is 0 Å². The standard InChI is InChI=1S/C15H15FN2O2/c1-11-4-2-3-5-12(11)8-9-17-14-10-13(16)6-7-15(14)18(19)20/h2-7,10,17H,8-9H2,1H3. The molecule has 4 nitrogen and oxygen atoms in total. The number of hydrogen-bond donors (Lipinski definition) is 1. The fraction of sp³-hybridized carbons (Fsp3) is 0.200. The number of nitro groups is 1. The van der Waals surface area contributed by atoms with E-state index >= 15 is 0 Å². The molecule has 0 bridgehead atoms. The van der Waals surface area contributed by atoms with Gasteiger partial charge in [-0.05, 0) is 30.5 Å². The Labute approximate surface area is 116 Å². The van der Waals surface area contributed by atoms with Crippen LogP contribution in [0.1, 0.15) is 11.1 Å². The Morgan fingerprint density at radius 1 is 1.25 bits per heavy atom. The Morgan fingerprint density at radius 2 is 2.00 bits per heavy atom. The van der Waals surface area contributed by atoms with Gasteiger partial charge in [-0.15, -0.1) is 0 Å². The lowest BCUT2D eigenvalue weighted by atomic mass is 10.1. The molecule has 104 valence electrons. The Kier molecular flexibility index (Phi) is 4.30. The molecule has 0 spiro atoms. The lowest BCUT2D eigenvalue weighted by molar-refractivity contribution is -0.384. The smallest absolute Gasteiger partial charge is 0.292 e. The number of benzene rings is 2. The molecule has 2 aromatic rings. The molecule has 0 fully saturated rings. The van der Waals surface area contributed by atoms with Crippen LogP contribution in [0.4, 0.5) is 15.8 Å². The Morgan fingerprint density at radius 3 is 2.70 bits per heavy atom. The lowest BCUT2D eigenvalue weighted by Gasteiger charge is -2.09. The average Bonchev–Trinajstić information content (AvgIpc) is 2.41. The summed E-state index contributed by atoms with van der Waals surface area (Å²) in [7, 11) is 0. The van der Waals surface area contributed by atoms with Gasteiger partial charge in [-0.25, -0.2) is 4.39 Å². The molecular formula is C15H15FN2O2. The Balaban J connectivity index is 2.06. The third-order valence-electron chi connectivity index (χ3n) is 3.13. The summed E-state index contributed by atoms with van der Waals surface area (Å²) in [5, 5.41) is 13.8. The van der Waals surface area contributed by atoms with Crippen LogP contribution in [0.2, 0.25) is 0 Å². The zero-order chi connectivity index (χ0) is 14.5. The third-order valence-corrected chi connectivity index (χ3v) is 3.13. The first kappa shape index (κ1) is 14.0. The van der Waals surface area contributed by atoms with Crippen molar-refractivity contribution >= 4 is 11.4 Å². The zero-order valence-corrected chi connectivity index (χ0v) is 11.1. The second-order valence-electron chi connectivity index (χ2n) is 4.52. The van der Waals surface area contributed by atoms with E-state index in [-0.39, 0.29) is 11.4 Å². The van der Waals surface area contributed by atoms with Gasteiger partial charge < -0.3 is 5.32 Å². The van der Waals surface area contributed by atoms with E-state index in [1.54, 1.807) is 0 Å². The summed E-state index contributed by atoms with van der Waals surface area (Å²) >= 11 is 0. The van der Waals surface area contributed by atoms with E-state index in [0.717, 1.165) is 18.6 Å². The van der Waals surface area contributed by atoms with E-state index in [1.807, 2.05) is 31.2 Å². The minimum absolute atomic E-state index is 0.115.